The molecule has 2 heterocycles. The Kier molecular flexibility index (Phi) is 5.90. The van der Waals surface area contributed by atoms with Crippen LogP contribution in [0.1, 0.15) is 23.1 Å². The maximum atomic E-state index is 12.6. The molecule has 0 atom stereocenters. The molecule has 0 spiro atoms. The van der Waals surface area contributed by atoms with E-state index >= 15 is 0 Å². The summed E-state index contributed by atoms with van der Waals surface area (Å²) in [5.74, 6) is 1.81. The van der Waals surface area contributed by atoms with Gasteiger partial charge in [0.05, 0.1) is 0 Å². The predicted octanol–water partition coefficient (Wildman–Crippen LogP) is 2.86. The molecule has 6 nitrogen and oxygen atoms in total. The second-order valence-electron chi connectivity index (χ2n) is 7.70. The molecule has 2 aromatic carbocycles. The summed E-state index contributed by atoms with van der Waals surface area (Å²) in [5, 5.41) is 3.36. The van der Waals surface area contributed by atoms with E-state index < -0.39 is 0 Å². The van der Waals surface area contributed by atoms with E-state index in [0.717, 1.165) is 43.2 Å². The summed E-state index contributed by atoms with van der Waals surface area (Å²) in [4.78, 5) is 16.9. The number of carbonyl (C=O) groups is 1. The number of anilines is 1. The molecule has 6 heteroatoms. The number of benzene rings is 2. The van der Waals surface area contributed by atoms with Crippen LogP contribution in [0.15, 0.2) is 36.4 Å². The lowest BCUT2D eigenvalue weighted by Crippen LogP contribution is -2.49. The highest BCUT2D eigenvalue weighted by Gasteiger charge is 2.22. The third-order valence-corrected chi connectivity index (χ3v) is 5.83. The highest BCUT2D eigenvalue weighted by atomic mass is 16.7. The molecule has 1 fully saturated rings. The minimum atomic E-state index is 0.226. The van der Waals surface area contributed by atoms with Crippen LogP contribution in [-0.2, 0) is 11.3 Å². The number of fused-ring (bicyclic) bond motifs is 1. The first kappa shape index (κ1) is 19.6. The number of nitrogens with zero attached hydrogens (tertiary/aromatic N) is 2. The van der Waals surface area contributed by atoms with Gasteiger partial charge in [0.1, 0.15) is 0 Å². The van der Waals surface area contributed by atoms with Crippen LogP contribution < -0.4 is 19.7 Å². The van der Waals surface area contributed by atoms with Gasteiger partial charge < -0.3 is 24.6 Å². The zero-order chi connectivity index (χ0) is 20.2. The molecule has 0 aromatic heterocycles. The number of hydrogen-bond acceptors (Lipinski definition) is 5. The number of ether oxygens (including phenoxy) is 2. The van der Waals surface area contributed by atoms with Crippen LogP contribution in [0, 0.1) is 13.8 Å². The molecule has 0 bridgehead atoms. The van der Waals surface area contributed by atoms with Gasteiger partial charge in [0, 0.05) is 51.4 Å². The normalized spacial score (nSPS) is 15.7. The average Bonchev–Trinajstić information content (AvgIpc) is 3.21. The molecule has 2 aliphatic heterocycles. The zero-order valence-electron chi connectivity index (χ0n) is 17.2. The summed E-state index contributed by atoms with van der Waals surface area (Å²) in [6.07, 6.45) is 0.522. The topological polar surface area (TPSA) is 54.0 Å². The quantitative estimate of drug-likeness (QED) is 0.763. The lowest BCUT2D eigenvalue weighted by Gasteiger charge is -2.37. The van der Waals surface area contributed by atoms with Crippen molar-refractivity contribution in [2.45, 2.75) is 26.8 Å². The highest BCUT2D eigenvalue weighted by Crippen LogP contribution is 2.32. The minimum absolute atomic E-state index is 0.226. The molecule has 0 unspecified atom stereocenters. The lowest BCUT2D eigenvalue weighted by atomic mass is 10.1. The maximum Gasteiger partial charge on any atom is 0.231 e. The third-order valence-electron chi connectivity index (χ3n) is 5.83. The number of aryl methyl sites for hydroxylation is 1. The molecule has 154 valence electrons. The Balaban J connectivity index is 1.20. The SMILES string of the molecule is Cc1cccc(N2CCN(C(=O)CCNCc3ccc4c(c3)OCO4)CC2)c1C. The molecule has 1 amide bonds. The first-order valence-electron chi connectivity index (χ1n) is 10.3. The molecule has 0 aliphatic carbocycles. The van der Waals surface area contributed by atoms with Crippen molar-refractivity contribution in [3.8, 4) is 11.5 Å². The number of amides is 1. The van der Waals surface area contributed by atoms with Crippen molar-refractivity contribution in [2.75, 3.05) is 44.4 Å². The zero-order valence-corrected chi connectivity index (χ0v) is 17.2. The van der Waals surface area contributed by atoms with Crippen molar-refractivity contribution in [3.05, 3.63) is 53.1 Å². The molecular weight excluding hydrogens is 366 g/mol. The van der Waals surface area contributed by atoms with Crippen LogP contribution in [0.5, 0.6) is 11.5 Å². The maximum absolute atomic E-state index is 12.6. The fraction of sp³-hybridized carbons (Fsp3) is 0.435. The Morgan fingerprint density at radius 3 is 2.66 bits per heavy atom. The fourth-order valence-corrected chi connectivity index (χ4v) is 3.91. The van der Waals surface area contributed by atoms with Crippen LogP contribution in [0.4, 0.5) is 5.69 Å². The second kappa shape index (κ2) is 8.74. The number of hydrogen-bond donors (Lipinski definition) is 1. The Hall–Kier alpha value is -2.73. The van der Waals surface area contributed by atoms with E-state index in [0.29, 0.717) is 19.5 Å². The Labute approximate surface area is 172 Å². The van der Waals surface area contributed by atoms with Gasteiger partial charge in [0.15, 0.2) is 11.5 Å². The van der Waals surface area contributed by atoms with Crippen LogP contribution in [0.25, 0.3) is 0 Å². The third kappa shape index (κ3) is 4.48. The largest absolute Gasteiger partial charge is 0.454 e. The van der Waals surface area contributed by atoms with E-state index in [1.165, 1.54) is 16.8 Å². The van der Waals surface area contributed by atoms with Gasteiger partial charge in [-0.2, -0.15) is 0 Å². The van der Waals surface area contributed by atoms with E-state index in [1.807, 2.05) is 23.1 Å². The lowest BCUT2D eigenvalue weighted by molar-refractivity contribution is -0.131. The summed E-state index contributed by atoms with van der Waals surface area (Å²) in [6.45, 7) is 9.35. The van der Waals surface area contributed by atoms with Crippen molar-refractivity contribution in [1.29, 1.82) is 0 Å². The van der Waals surface area contributed by atoms with Crippen molar-refractivity contribution in [1.82, 2.24) is 10.2 Å². The molecule has 1 saturated heterocycles. The number of carbonyl (C=O) groups excluding carboxylic acids is 1. The summed E-state index contributed by atoms with van der Waals surface area (Å²) < 4.78 is 10.7. The molecule has 0 radical (unpaired) electrons. The number of rotatable bonds is 6. The molecule has 2 aromatic rings. The van der Waals surface area contributed by atoms with Gasteiger partial charge >= 0.3 is 0 Å². The van der Waals surface area contributed by atoms with Gasteiger partial charge in [-0.1, -0.05) is 18.2 Å². The number of piperazine rings is 1. The summed E-state index contributed by atoms with van der Waals surface area (Å²) >= 11 is 0. The Morgan fingerprint density at radius 2 is 1.83 bits per heavy atom. The first-order chi connectivity index (χ1) is 14.1. The second-order valence-corrected chi connectivity index (χ2v) is 7.70. The smallest absolute Gasteiger partial charge is 0.231 e. The first-order valence-corrected chi connectivity index (χ1v) is 10.3. The van der Waals surface area contributed by atoms with Crippen molar-refractivity contribution < 1.29 is 14.3 Å². The number of nitrogens with one attached hydrogen (secondary N) is 1. The molecule has 4 rings (SSSR count). The summed E-state index contributed by atoms with van der Waals surface area (Å²) in [6, 6.07) is 12.4. The summed E-state index contributed by atoms with van der Waals surface area (Å²) in [5.41, 5.74) is 5.07. The average molecular weight is 396 g/mol. The van der Waals surface area contributed by atoms with E-state index in [1.54, 1.807) is 0 Å². The summed E-state index contributed by atoms with van der Waals surface area (Å²) in [7, 11) is 0. The Bertz CT molecular complexity index is 876. The van der Waals surface area contributed by atoms with Crippen LogP contribution in [0.2, 0.25) is 0 Å². The molecule has 29 heavy (non-hydrogen) atoms. The van der Waals surface area contributed by atoms with Crippen LogP contribution >= 0.6 is 0 Å². The van der Waals surface area contributed by atoms with Gasteiger partial charge in [0.25, 0.3) is 0 Å². The van der Waals surface area contributed by atoms with Crippen LogP contribution in [0.3, 0.4) is 0 Å². The molecule has 1 N–H and O–H groups in total. The minimum Gasteiger partial charge on any atom is -0.454 e. The van der Waals surface area contributed by atoms with Crippen molar-refractivity contribution >= 4 is 11.6 Å². The van der Waals surface area contributed by atoms with Gasteiger partial charge in [-0.05, 0) is 48.7 Å². The molecule has 2 aliphatic rings. The standard InChI is InChI=1S/C23H29N3O3/c1-17-4-3-5-20(18(17)2)25-10-12-26(13-11-25)23(27)8-9-24-15-19-6-7-21-22(14-19)29-16-28-21/h3-7,14,24H,8-13,15-16H2,1-2H3. The Morgan fingerprint density at radius 1 is 1.03 bits per heavy atom. The van der Waals surface area contributed by atoms with Crippen molar-refractivity contribution in [3.63, 3.8) is 0 Å². The van der Waals surface area contributed by atoms with Gasteiger partial charge in [-0.25, -0.2) is 0 Å². The molecular formula is C23H29N3O3. The van der Waals surface area contributed by atoms with Gasteiger partial charge in [-0.15, -0.1) is 0 Å². The van der Waals surface area contributed by atoms with E-state index in [-0.39, 0.29) is 12.7 Å². The van der Waals surface area contributed by atoms with E-state index in [4.69, 9.17) is 9.47 Å². The van der Waals surface area contributed by atoms with E-state index in [9.17, 15) is 4.79 Å². The van der Waals surface area contributed by atoms with Crippen LogP contribution in [-0.4, -0.2) is 50.3 Å². The predicted molar refractivity (Wildman–Crippen MR) is 114 cm³/mol. The highest BCUT2D eigenvalue weighted by molar-refractivity contribution is 5.76. The van der Waals surface area contributed by atoms with E-state index in [2.05, 4.69) is 42.3 Å². The fourth-order valence-electron chi connectivity index (χ4n) is 3.91. The van der Waals surface area contributed by atoms with Crippen molar-refractivity contribution in [2.24, 2.45) is 0 Å². The monoisotopic (exact) mass is 395 g/mol. The van der Waals surface area contributed by atoms with Gasteiger partial charge in [0.2, 0.25) is 12.7 Å². The van der Waals surface area contributed by atoms with Gasteiger partial charge in [-0.3, -0.25) is 4.79 Å². The molecule has 0 saturated carbocycles.